The van der Waals surface area contributed by atoms with Crippen LogP contribution in [0.25, 0.3) is 0 Å². The summed E-state index contributed by atoms with van der Waals surface area (Å²) in [6.07, 6.45) is 4.86. The molecule has 0 radical (unpaired) electrons. The van der Waals surface area contributed by atoms with Crippen molar-refractivity contribution in [2.24, 2.45) is 0 Å². The van der Waals surface area contributed by atoms with Crippen molar-refractivity contribution in [2.45, 2.75) is 39.3 Å². The maximum atomic E-state index is 4.17. The third kappa shape index (κ3) is 3.18. The second-order valence-electron chi connectivity index (χ2n) is 4.55. The Morgan fingerprint density at radius 3 is 2.67 bits per heavy atom. The fraction of sp³-hybridized carbons (Fsp3) is 0.400. The van der Waals surface area contributed by atoms with Crippen LogP contribution in [0, 0.1) is 0 Å². The summed E-state index contributed by atoms with van der Waals surface area (Å²) < 4.78 is 0. The van der Waals surface area contributed by atoms with Gasteiger partial charge >= 0.3 is 0 Å². The molecule has 0 amide bonds. The van der Waals surface area contributed by atoms with Crippen molar-refractivity contribution in [2.75, 3.05) is 0 Å². The van der Waals surface area contributed by atoms with Crippen molar-refractivity contribution >= 4 is 11.3 Å². The Morgan fingerprint density at radius 2 is 2.06 bits per heavy atom. The Hall–Kier alpha value is -1.19. The molecule has 0 saturated heterocycles. The zero-order valence-electron chi connectivity index (χ0n) is 11.2. The summed E-state index contributed by atoms with van der Waals surface area (Å²) in [5.74, 6) is 0. The molecule has 0 aliphatic rings. The number of nitrogens with zero attached hydrogens (tertiary/aromatic N) is 1. The number of aryl methyl sites for hydroxylation is 1. The Balaban J connectivity index is 2.01. The van der Waals surface area contributed by atoms with E-state index in [2.05, 4.69) is 49.3 Å². The molecule has 0 saturated carbocycles. The molecule has 0 bridgehead atoms. The molecular formula is C15H20N2S. The van der Waals surface area contributed by atoms with Gasteiger partial charge in [-0.15, -0.1) is 11.3 Å². The second-order valence-corrected chi connectivity index (χ2v) is 5.75. The van der Waals surface area contributed by atoms with Gasteiger partial charge in [-0.2, -0.15) is 0 Å². The first kappa shape index (κ1) is 13.2. The maximum absolute atomic E-state index is 4.17. The number of nitrogens with one attached hydrogen (secondary N) is 1. The van der Waals surface area contributed by atoms with E-state index in [1.807, 2.05) is 29.8 Å². The van der Waals surface area contributed by atoms with E-state index in [9.17, 15) is 0 Å². The summed E-state index contributed by atoms with van der Waals surface area (Å²) in [5.41, 5.74) is 1.23. The van der Waals surface area contributed by atoms with E-state index in [0.717, 1.165) is 6.42 Å². The topological polar surface area (TPSA) is 24.9 Å². The van der Waals surface area contributed by atoms with Crippen LogP contribution in [0.15, 0.2) is 36.7 Å². The summed E-state index contributed by atoms with van der Waals surface area (Å²) in [7, 11) is 0. The van der Waals surface area contributed by atoms with Crippen LogP contribution in [-0.4, -0.2) is 4.98 Å². The van der Waals surface area contributed by atoms with Gasteiger partial charge in [0.05, 0.1) is 0 Å². The van der Waals surface area contributed by atoms with Crippen molar-refractivity contribution in [1.29, 1.82) is 0 Å². The van der Waals surface area contributed by atoms with Crippen molar-refractivity contribution in [3.8, 4) is 0 Å². The molecule has 1 unspecified atom stereocenters. The first-order valence-electron chi connectivity index (χ1n) is 6.45. The van der Waals surface area contributed by atoms with E-state index in [1.54, 1.807) is 0 Å². The average Bonchev–Trinajstić information content (AvgIpc) is 2.88. The number of thiophene rings is 1. The molecule has 2 rings (SSSR count). The van der Waals surface area contributed by atoms with Crippen LogP contribution in [0.4, 0.5) is 0 Å². The molecular weight excluding hydrogens is 240 g/mol. The third-order valence-electron chi connectivity index (χ3n) is 3.14. The Morgan fingerprint density at radius 1 is 1.22 bits per heavy atom. The first-order valence-corrected chi connectivity index (χ1v) is 7.27. The van der Waals surface area contributed by atoms with Crippen molar-refractivity contribution in [3.05, 3.63) is 52.0 Å². The van der Waals surface area contributed by atoms with Crippen molar-refractivity contribution in [3.63, 3.8) is 0 Å². The summed E-state index contributed by atoms with van der Waals surface area (Å²) in [4.78, 5) is 7.02. The lowest BCUT2D eigenvalue weighted by atomic mass is 10.1. The van der Waals surface area contributed by atoms with Gasteiger partial charge in [0.25, 0.3) is 0 Å². The molecule has 0 aromatic carbocycles. The van der Waals surface area contributed by atoms with E-state index in [1.165, 1.54) is 15.3 Å². The molecule has 2 aromatic heterocycles. The lowest BCUT2D eigenvalue weighted by Crippen LogP contribution is -2.21. The zero-order valence-corrected chi connectivity index (χ0v) is 12.0. The minimum atomic E-state index is 0.320. The quantitative estimate of drug-likeness (QED) is 0.875. The summed E-state index contributed by atoms with van der Waals surface area (Å²) in [6, 6.07) is 9.26. The lowest BCUT2D eigenvalue weighted by Gasteiger charge is -2.19. The summed E-state index contributed by atoms with van der Waals surface area (Å²) >= 11 is 1.90. The number of aromatic nitrogens is 1. The molecule has 0 spiro atoms. The Kier molecular flexibility index (Phi) is 4.50. The molecule has 18 heavy (non-hydrogen) atoms. The molecule has 1 N–H and O–H groups in total. The Bertz CT molecular complexity index is 478. The highest BCUT2D eigenvalue weighted by molar-refractivity contribution is 7.12. The summed E-state index contributed by atoms with van der Waals surface area (Å²) in [5, 5.41) is 3.62. The van der Waals surface area contributed by atoms with Crippen LogP contribution >= 0.6 is 11.3 Å². The molecule has 2 heterocycles. The smallest absolute Gasteiger partial charge is 0.0391 e. The standard InChI is InChI=1S/C15H20N2S/c1-4-14-7-8-15(18-14)12(3)17-11(2)13-6-5-9-16-10-13/h5-12,17H,4H2,1-3H3/t11-,12?/m0/s1. The van der Waals surface area contributed by atoms with Gasteiger partial charge in [-0.1, -0.05) is 13.0 Å². The van der Waals surface area contributed by atoms with E-state index in [4.69, 9.17) is 0 Å². The van der Waals surface area contributed by atoms with Gasteiger partial charge < -0.3 is 5.32 Å². The van der Waals surface area contributed by atoms with E-state index < -0.39 is 0 Å². The van der Waals surface area contributed by atoms with Crippen LogP contribution < -0.4 is 5.32 Å². The highest BCUT2D eigenvalue weighted by atomic mass is 32.1. The molecule has 0 aliphatic carbocycles. The zero-order chi connectivity index (χ0) is 13.0. The van der Waals surface area contributed by atoms with Crippen LogP contribution in [0.3, 0.4) is 0 Å². The Labute approximate surface area is 113 Å². The van der Waals surface area contributed by atoms with Gasteiger partial charge in [0.15, 0.2) is 0 Å². The SMILES string of the molecule is CCc1ccc(C(C)N[C@@H](C)c2cccnc2)s1. The fourth-order valence-electron chi connectivity index (χ4n) is 2.00. The van der Waals surface area contributed by atoms with E-state index in [-0.39, 0.29) is 0 Å². The van der Waals surface area contributed by atoms with Gasteiger partial charge in [-0.25, -0.2) is 0 Å². The van der Waals surface area contributed by atoms with Gasteiger partial charge in [0, 0.05) is 34.2 Å². The minimum Gasteiger partial charge on any atom is -0.303 e. The predicted octanol–water partition coefficient (Wildman–Crippen LogP) is 4.12. The minimum absolute atomic E-state index is 0.320. The van der Waals surface area contributed by atoms with E-state index in [0.29, 0.717) is 12.1 Å². The number of pyridine rings is 1. The molecule has 2 aromatic rings. The van der Waals surface area contributed by atoms with Gasteiger partial charge in [-0.3, -0.25) is 4.98 Å². The monoisotopic (exact) mass is 260 g/mol. The largest absolute Gasteiger partial charge is 0.303 e. The van der Waals surface area contributed by atoms with Gasteiger partial charge in [0.2, 0.25) is 0 Å². The number of hydrogen-bond donors (Lipinski definition) is 1. The van der Waals surface area contributed by atoms with Crippen LogP contribution in [0.2, 0.25) is 0 Å². The average molecular weight is 260 g/mol. The summed E-state index contributed by atoms with van der Waals surface area (Å²) in [6.45, 7) is 6.60. The fourth-order valence-corrected chi connectivity index (χ4v) is 2.97. The second kappa shape index (κ2) is 6.12. The van der Waals surface area contributed by atoms with Crippen LogP contribution in [0.5, 0.6) is 0 Å². The predicted molar refractivity (Wildman–Crippen MR) is 77.9 cm³/mol. The molecule has 3 heteroatoms. The van der Waals surface area contributed by atoms with Crippen molar-refractivity contribution in [1.82, 2.24) is 10.3 Å². The number of hydrogen-bond acceptors (Lipinski definition) is 3. The van der Waals surface area contributed by atoms with Crippen LogP contribution in [0.1, 0.15) is 48.2 Å². The van der Waals surface area contributed by atoms with Crippen molar-refractivity contribution < 1.29 is 0 Å². The van der Waals surface area contributed by atoms with Gasteiger partial charge in [0.1, 0.15) is 0 Å². The first-order chi connectivity index (χ1) is 8.70. The molecule has 2 atom stereocenters. The lowest BCUT2D eigenvalue weighted by molar-refractivity contribution is 0.499. The van der Waals surface area contributed by atoms with Gasteiger partial charge in [-0.05, 0) is 44.0 Å². The third-order valence-corrected chi connectivity index (χ3v) is 4.55. The molecule has 96 valence electrons. The maximum Gasteiger partial charge on any atom is 0.0391 e. The molecule has 0 aliphatic heterocycles. The number of rotatable bonds is 5. The highest BCUT2D eigenvalue weighted by Gasteiger charge is 2.12. The molecule has 0 fully saturated rings. The van der Waals surface area contributed by atoms with E-state index >= 15 is 0 Å². The molecule has 2 nitrogen and oxygen atoms in total. The highest BCUT2D eigenvalue weighted by Crippen LogP contribution is 2.25. The van der Waals surface area contributed by atoms with Crippen LogP contribution in [-0.2, 0) is 6.42 Å². The normalized spacial score (nSPS) is 14.4.